The summed E-state index contributed by atoms with van der Waals surface area (Å²) in [5.41, 5.74) is 8.38. The highest BCUT2D eigenvalue weighted by Crippen LogP contribution is 2.36. The lowest BCUT2D eigenvalue weighted by molar-refractivity contribution is 1.10. The molecule has 2 heterocycles. The number of thiazole rings is 1. The molecule has 6 heteroatoms. The molecule has 0 fully saturated rings. The number of nitrogens with zero attached hydrogens (tertiary/aromatic N) is 2. The van der Waals surface area contributed by atoms with Crippen LogP contribution in [0.2, 0.25) is 10.0 Å². The van der Waals surface area contributed by atoms with Crippen molar-refractivity contribution in [2.45, 2.75) is 6.54 Å². The third kappa shape index (κ3) is 2.94. The van der Waals surface area contributed by atoms with Crippen LogP contribution >= 0.6 is 34.5 Å². The van der Waals surface area contributed by atoms with Crippen LogP contribution in [-0.2, 0) is 6.54 Å². The number of nitrogens with two attached hydrogens (primary N) is 1. The van der Waals surface area contributed by atoms with Gasteiger partial charge in [-0.2, -0.15) is 0 Å². The maximum absolute atomic E-state index is 6.20. The largest absolute Gasteiger partial charge is 0.326 e. The molecular weight excluding hydrogens is 325 g/mol. The van der Waals surface area contributed by atoms with Gasteiger partial charge < -0.3 is 5.73 Å². The molecule has 0 aliphatic rings. The van der Waals surface area contributed by atoms with Gasteiger partial charge in [-0.3, -0.25) is 4.98 Å². The minimum absolute atomic E-state index is 0.424. The number of hydrogen-bond acceptors (Lipinski definition) is 4. The first kappa shape index (κ1) is 14.5. The quantitative estimate of drug-likeness (QED) is 0.758. The van der Waals surface area contributed by atoms with Gasteiger partial charge in [0.2, 0.25) is 0 Å². The first-order valence-electron chi connectivity index (χ1n) is 6.25. The zero-order chi connectivity index (χ0) is 14.8. The molecule has 3 nitrogen and oxygen atoms in total. The third-order valence-corrected chi connectivity index (χ3v) is 4.52. The lowest BCUT2D eigenvalue weighted by Crippen LogP contribution is -1.95. The fraction of sp³-hybridized carbons (Fsp3) is 0.0667. The predicted molar refractivity (Wildman–Crippen MR) is 88.7 cm³/mol. The maximum atomic E-state index is 6.20. The summed E-state index contributed by atoms with van der Waals surface area (Å²) in [5.74, 6) is 0. The lowest BCUT2D eigenvalue weighted by atomic mass is 10.1. The Morgan fingerprint density at radius 2 is 1.86 bits per heavy atom. The van der Waals surface area contributed by atoms with Gasteiger partial charge in [-0.25, -0.2) is 4.98 Å². The standard InChI is InChI=1S/C15H11Cl2N3S/c16-10-6-11(17)14(19-8-10)15-20-13(12(7-18)21-15)9-4-2-1-3-5-9/h1-6,8H,7,18H2. The first-order valence-corrected chi connectivity index (χ1v) is 7.83. The normalized spacial score (nSPS) is 10.8. The van der Waals surface area contributed by atoms with Crippen LogP contribution in [0.25, 0.3) is 22.0 Å². The molecule has 2 N–H and O–H groups in total. The first-order chi connectivity index (χ1) is 10.2. The van der Waals surface area contributed by atoms with Crippen molar-refractivity contribution in [3.63, 3.8) is 0 Å². The Morgan fingerprint density at radius 3 is 2.52 bits per heavy atom. The van der Waals surface area contributed by atoms with Crippen LogP contribution < -0.4 is 5.73 Å². The second-order valence-corrected chi connectivity index (χ2v) is 6.27. The van der Waals surface area contributed by atoms with E-state index in [1.165, 1.54) is 11.3 Å². The van der Waals surface area contributed by atoms with E-state index in [1.54, 1.807) is 12.3 Å². The summed E-state index contributed by atoms with van der Waals surface area (Å²) in [4.78, 5) is 9.94. The van der Waals surface area contributed by atoms with Crippen molar-refractivity contribution in [1.29, 1.82) is 0 Å². The Kier molecular flexibility index (Phi) is 4.22. The lowest BCUT2D eigenvalue weighted by Gasteiger charge is -1.99. The van der Waals surface area contributed by atoms with Crippen molar-refractivity contribution in [3.05, 3.63) is 57.5 Å². The van der Waals surface area contributed by atoms with Crippen molar-refractivity contribution >= 4 is 34.5 Å². The van der Waals surface area contributed by atoms with E-state index >= 15 is 0 Å². The fourth-order valence-electron chi connectivity index (χ4n) is 1.98. The van der Waals surface area contributed by atoms with Crippen LogP contribution in [-0.4, -0.2) is 9.97 Å². The SMILES string of the molecule is NCc1sc(-c2ncc(Cl)cc2Cl)nc1-c1ccccc1. The summed E-state index contributed by atoms with van der Waals surface area (Å²) in [6.07, 6.45) is 1.56. The van der Waals surface area contributed by atoms with Crippen LogP contribution in [0.1, 0.15) is 4.88 Å². The number of aromatic nitrogens is 2. The van der Waals surface area contributed by atoms with E-state index in [4.69, 9.17) is 28.9 Å². The second kappa shape index (κ2) is 6.12. The Labute approximate surface area is 136 Å². The van der Waals surface area contributed by atoms with E-state index < -0.39 is 0 Å². The van der Waals surface area contributed by atoms with Gasteiger partial charge in [-0.05, 0) is 6.07 Å². The highest BCUT2D eigenvalue weighted by molar-refractivity contribution is 7.15. The molecule has 0 spiro atoms. The summed E-state index contributed by atoms with van der Waals surface area (Å²) >= 11 is 13.6. The van der Waals surface area contributed by atoms with Crippen molar-refractivity contribution in [3.8, 4) is 22.0 Å². The molecule has 2 aromatic heterocycles. The fourth-order valence-corrected chi connectivity index (χ4v) is 3.48. The van der Waals surface area contributed by atoms with Gasteiger partial charge in [0.15, 0.2) is 0 Å². The van der Waals surface area contributed by atoms with Crippen molar-refractivity contribution in [2.75, 3.05) is 0 Å². The Hall–Kier alpha value is -1.46. The molecule has 3 rings (SSSR count). The molecule has 0 bridgehead atoms. The second-order valence-electron chi connectivity index (χ2n) is 4.34. The number of benzene rings is 1. The van der Waals surface area contributed by atoms with E-state index in [9.17, 15) is 0 Å². The van der Waals surface area contributed by atoms with Crippen LogP contribution in [0.15, 0.2) is 42.6 Å². The number of hydrogen-bond donors (Lipinski definition) is 1. The molecule has 106 valence electrons. The van der Waals surface area contributed by atoms with E-state index in [0.717, 1.165) is 21.1 Å². The van der Waals surface area contributed by atoms with E-state index in [2.05, 4.69) is 9.97 Å². The molecule has 0 unspecified atom stereocenters. The van der Waals surface area contributed by atoms with Crippen molar-refractivity contribution in [1.82, 2.24) is 9.97 Å². The molecule has 1 aromatic carbocycles. The van der Waals surface area contributed by atoms with Crippen LogP contribution in [0.4, 0.5) is 0 Å². The summed E-state index contributed by atoms with van der Waals surface area (Å²) in [7, 11) is 0. The molecule has 0 amide bonds. The summed E-state index contributed by atoms with van der Waals surface area (Å²) in [6.45, 7) is 0.424. The van der Waals surface area contributed by atoms with Gasteiger partial charge in [0.25, 0.3) is 0 Å². The molecule has 0 radical (unpaired) electrons. The molecule has 21 heavy (non-hydrogen) atoms. The summed E-state index contributed by atoms with van der Waals surface area (Å²) in [6, 6.07) is 11.6. The predicted octanol–water partition coefficient (Wildman–Crippen LogP) is 4.64. The zero-order valence-electron chi connectivity index (χ0n) is 10.9. The van der Waals surface area contributed by atoms with Crippen LogP contribution in [0.3, 0.4) is 0 Å². The van der Waals surface area contributed by atoms with Crippen molar-refractivity contribution in [2.24, 2.45) is 5.73 Å². The number of rotatable bonds is 3. The Morgan fingerprint density at radius 1 is 1.10 bits per heavy atom. The van der Waals surface area contributed by atoms with Crippen LogP contribution in [0, 0.1) is 0 Å². The van der Waals surface area contributed by atoms with Gasteiger partial charge in [0, 0.05) is 23.2 Å². The summed E-state index contributed by atoms with van der Waals surface area (Å²) < 4.78 is 0. The number of halogens is 2. The maximum Gasteiger partial charge on any atom is 0.144 e. The van der Waals surface area contributed by atoms with E-state index in [-0.39, 0.29) is 0 Å². The average molecular weight is 336 g/mol. The highest BCUT2D eigenvalue weighted by atomic mass is 35.5. The van der Waals surface area contributed by atoms with Gasteiger partial charge in [0.1, 0.15) is 10.7 Å². The Bertz CT molecular complexity index is 772. The van der Waals surface area contributed by atoms with Gasteiger partial charge >= 0.3 is 0 Å². The molecule has 0 saturated heterocycles. The highest BCUT2D eigenvalue weighted by Gasteiger charge is 2.16. The third-order valence-electron chi connectivity index (χ3n) is 2.94. The summed E-state index contributed by atoms with van der Waals surface area (Å²) in [5, 5.41) is 1.73. The van der Waals surface area contributed by atoms with E-state index in [0.29, 0.717) is 22.3 Å². The van der Waals surface area contributed by atoms with Crippen LogP contribution in [0.5, 0.6) is 0 Å². The van der Waals surface area contributed by atoms with E-state index in [1.807, 2.05) is 30.3 Å². The van der Waals surface area contributed by atoms with Crippen molar-refractivity contribution < 1.29 is 0 Å². The molecule has 0 aliphatic carbocycles. The van der Waals surface area contributed by atoms with Gasteiger partial charge in [-0.1, -0.05) is 53.5 Å². The number of pyridine rings is 1. The zero-order valence-corrected chi connectivity index (χ0v) is 13.2. The monoisotopic (exact) mass is 335 g/mol. The van der Waals surface area contributed by atoms with Gasteiger partial charge in [0.05, 0.1) is 15.7 Å². The molecule has 0 aliphatic heterocycles. The molecular formula is C15H11Cl2N3S. The molecule has 0 atom stereocenters. The minimum Gasteiger partial charge on any atom is -0.326 e. The van der Waals surface area contributed by atoms with Gasteiger partial charge in [-0.15, -0.1) is 11.3 Å². The minimum atomic E-state index is 0.424. The average Bonchev–Trinajstić information content (AvgIpc) is 2.92. The topological polar surface area (TPSA) is 51.8 Å². The molecule has 0 saturated carbocycles. The smallest absolute Gasteiger partial charge is 0.144 e. The Balaban J connectivity index is 2.12. The molecule has 3 aromatic rings.